The first-order chi connectivity index (χ1) is 10.9. The molecule has 112 valence electrons. The summed E-state index contributed by atoms with van der Waals surface area (Å²) in [6.07, 6.45) is 5.42. The number of nitrogens with zero attached hydrogens (tertiary/aromatic N) is 4. The van der Waals surface area contributed by atoms with Crippen LogP contribution in [0.2, 0.25) is 0 Å². The van der Waals surface area contributed by atoms with Crippen molar-refractivity contribution >= 4 is 0 Å². The molecule has 22 heavy (non-hydrogen) atoms. The lowest BCUT2D eigenvalue weighted by atomic mass is 10.1. The van der Waals surface area contributed by atoms with Crippen LogP contribution < -0.4 is 5.32 Å². The molecule has 3 heterocycles. The molecule has 0 radical (unpaired) electrons. The zero-order valence-electron chi connectivity index (χ0n) is 12.1. The lowest BCUT2D eigenvalue weighted by Crippen LogP contribution is -2.37. The van der Waals surface area contributed by atoms with Crippen LogP contribution in [0.3, 0.4) is 0 Å². The first-order valence-corrected chi connectivity index (χ1v) is 7.49. The summed E-state index contributed by atoms with van der Waals surface area (Å²) in [7, 11) is 0. The molecule has 1 unspecified atom stereocenters. The first kappa shape index (κ1) is 13.2. The Bertz CT molecular complexity index is 749. The number of aryl methyl sites for hydroxylation is 1. The minimum absolute atomic E-state index is 0.376. The predicted molar refractivity (Wildman–Crippen MR) is 80.9 cm³/mol. The minimum atomic E-state index is 0.376. The molecular weight excluding hydrogens is 278 g/mol. The van der Waals surface area contributed by atoms with Crippen molar-refractivity contribution in [3.8, 4) is 11.3 Å². The van der Waals surface area contributed by atoms with Crippen LogP contribution in [-0.4, -0.2) is 25.8 Å². The maximum absolute atomic E-state index is 5.81. The number of hydrogen-bond donors (Lipinski definition) is 1. The molecule has 0 saturated heterocycles. The summed E-state index contributed by atoms with van der Waals surface area (Å²) in [5, 5.41) is 7.72. The van der Waals surface area contributed by atoms with E-state index in [2.05, 4.69) is 20.4 Å². The fraction of sp³-hybridized carbons (Fsp3) is 0.312. The van der Waals surface area contributed by atoms with Gasteiger partial charge in [0.15, 0.2) is 5.76 Å². The van der Waals surface area contributed by atoms with Gasteiger partial charge in [0.2, 0.25) is 5.89 Å². The van der Waals surface area contributed by atoms with E-state index in [1.54, 1.807) is 12.5 Å². The van der Waals surface area contributed by atoms with Gasteiger partial charge in [0.25, 0.3) is 0 Å². The van der Waals surface area contributed by atoms with E-state index in [9.17, 15) is 0 Å². The Hall–Kier alpha value is -2.47. The van der Waals surface area contributed by atoms with Crippen LogP contribution in [-0.2, 0) is 19.5 Å². The van der Waals surface area contributed by atoms with E-state index in [0.717, 1.165) is 36.5 Å². The summed E-state index contributed by atoms with van der Waals surface area (Å²) in [4.78, 5) is 8.59. The van der Waals surface area contributed by atoms with Crippen molar-refractivity contribution in [3.05, 3.63) is 54.6 Å². The second-order valence-electron chi connectivity index (χ2n) is 5.46. The van der Waals surface area contributed by atoms with Crippen LogP contribution in [0.25, 0.3) is 11.3 Å². The molecule has 4 rings (SSSR count). The quantitative estimate of drug-likeness (QED) is 0.797. The van der Waals surface area contributed by atoms with Gasteiger partial charge >= 0.3 is 0 Å². The van der Waals surface area contributed by atoms with Crippen molar-refractivity contribution in [2.45, 2.75) is 32.0 Å². The number of rotatable bonds is 4. The van der Waals surface area contributed by atoms with Gasteiger partial charge < -0.3 is 9.73 Å². The predicted octanol–water partition coefficient (Wildman–Crippen LogP) is 2.04. The Morgan fingerprint density at radius 1 is 1.23 bits per heavy atom. The molecule has 2 aromatic heterocycles. The van der Waals surface area contributed by atoms with Crippen LogP contribution in [0.15, 0.2) is 47.3 Å². The van der Waals surface area contributed by atoms with Crippen molar-refractivity contribution in [1.29, 1.82) is 0 Å². The third kappa shape index (κ3) is 2.65. The SMILES string of the molecule is c1ccc(-c2cnc(CNC3CCc4ncnn4C3)o2)cc1. The zero-order chi connectivity index (χ0) is 14.8. The third-order valence-corrected chi connectivity index (χ3v) is 3.96. The van der Waals surface area contributed by atoms with E-state index in [-0.39, 0.29) is 0 Å². The van der Waals surface area contributed by atoms with Gasteiger partial charge in [-0.2, -0.15) is 5.10 Å². The second-order valence-corrected chi connectivity index (χ2v) is 5.46. The Kier molecular flexibility index (Phi) is 3.44. The van der Waals surface area contributed by atoms with E-state index < -0.39 is 0 Å². The number of aromatic nitrogens is 4. The summed E-state index contributed by atoms with van der Waals surface area (Å²) in [6, 6.07) is 10.4. The van der Waals surface area contributed by atoms with Gasteiger partial charge in [0, 0.05) is 18.0 Å². The van der Waals surface area contributed by atoms with Crippen LogP contribution in [0, 0.1) is 0 Å². The molecule has 6 nitrogen and oxygen atoms in total. The van der Waals surface area contributed by atoms with Gasteiger partial charge in [-0.25, -0.2) is 14.6 Å². The van der Waals surface area contributed by atoms with Crippen LogP contribution in [0.5, 0.6) is 0 Å². The number of oxazole rings is 1. The second kappa shape index (κ2) is 5.73. The van der Waals surface area contributed by atoms with Gasteiger partial charge in [0.1, 0.15) is 12.2 Å². The molecule has 0 spiro atoms. The van der Waals surface area contributed by atoms with Crippen LogP contribution in [0.4, 0.5) is 0 Å². The van der Waals surface area contributed by atoms with Crippen molar-refractivity contribution in [2.75, 3.05) is 0 Å². The smallest absolute Gasteiger partial charge is 0.208 e. The molecule has 1 N–H and O–H groups in total. The van der Waals surface area contributed by atoms with Crippen molar-refractivity contribution < 1.29 is 4.42 Å². The summed E-state index contributed by atoms with van der Waals surface area (Å²) < 4.78 is 7.77. The first-order valence-electron chi connectivity index (χ1n) is 7.49. The van der Waals surface area contributed by atoms with Gasteiger partial charge in [-0.3, -0.25) is 0 Å². The molecule has 0 saturated carbocycles. The minimum Gasteiger partial charge on any atom is -0.439 e. The van der Waals surface area contributed by atoms with E-state index in [1.807, 2.05) is 35.0 Å². The summed E-state index contributed by atoms with van der Waals surface area (Å²) in [6.45, 7) is 1.48. The Morgan fingerprint density at radius 2 is 2.14 bits per heavy atom. The molecule has 0 fully saturated rings. The summed E-state index contributed by atoms with van der Waals surface area (Å²) in [5.41, 5.74) is 1.05. The lowest BCUT2D eigenvalue weighted by molar-refractivity contribution is 0.342. The van der Waals surface area contributed by atoms with Crippen LogP contribution in [0.1, 0.15) is 18.1 Å². The molecule has 6 heteroatoms. The zero-order valence-corrected chi connectivity index (χ0v) is 12.1. The molecular formula is C16H17N5O. The highest BCUT2D eigenvalue weighted by Gasteiger charge is 2.19. The van der Waals surface area contributed by atoms with E-state index in [0.29, 0.717) is 18.5 Å². The average molecular weight is 295 g/mol. The summed E-state index contributed by atoms with van der Waals surface area (Å²) >= 11 is 0. The molecule has 1 aliphatic rings. The van der Waals surface area contributed by atoms with Gasteiger partial charge in [0.05, 0.1) is 19.3 Å². The fourth-order valence-electron chi connectivity index (χ4n) is 2.76. The lowest BCUT2D eigenvalue weighted by Gasteiger charge is -2.22. The van der Waals surface area contributed by atoms with Crippen molar-refractivity contribution in [2.24, 2.45) is 0 Å². The molecule has 1 aliphatic heterocycles. The highest BCUT2D eigenvalue weighted by atomic mass is 16.4. The van der Waals surface area contributed by atoms with Gasteiger partial charge in [-0.05, 0) is 6.42 Å². The van der Waals surface area contributed by atoms with Crippen molar-refractivity contribution in [1.82, 2.24) is 25.1 Å². The van der Waals surface area contributed by atoms with E-state index in [1.165, 1.54) is 0 Å². The molecule has 1 aromatic carbocycles. The number of nitrogens with one attached hydrogen (secondary N) is 1. The van der Waals surface area contributed by atoms with Crippen molar-refractivity contribution in [3.63, 3.8) is 0 Å². The van der Waals surface area contributed by atoms with Gasteiger partial charge in [-0.1, -0.05) is 30.3 Å². The normalized spacial score (nSPS) is 17.4. The van der Waals surface area contributed by atoms with E-state index >= 15 is 0 Å². The molecule has 1 atom stereocenters. The standard InChI is InChI=1S/C16H17N5O/c1-2-4-12(5-3-1)14-8-18-16(22-14)9-17-13-6-7-15-19-11-20-21(15)10-13/h1-5,8,11,13,17H,6-7,9-10H2. The number of benzene rings is 1. The maximum Gasteiger partial charge on any atom is 0.208 e. The number of hydrogen-bond acceptors (Lipinski definition) is 5. The molecule has 3 aromatic rings. The Labute approximate surface area is 128 Å². The Morgan fingerprint density at radius 3 is 3.05 bits per heavy atom. The van der Waals surface area contributed by atoms with Crippen LogP contribution >= 0.6 is 0 Å². The fourth-order valence-corrected chi connectivity index (χ4v) is 2.76. The topological polar surface area (TPSA) is 68.8 Å². The number of fused-ring (bicyclic) bond motifs is 1. The van der Waals surface area contributed by atoms with E-state index in [4.69, 9.17) is 4.42 Å². The molecule has 0 aliphatic carbocycles. The molecule has 0 amide bonds. The monoisotopic (exact) mass is 295 g/mol. The third-order valence-electron chi connectivity index (χ3n) is 3.96. The maximum atomic E-state index is 5.81. The summed E-state index contributed by atoms with van der Waals surface area (Å²) in [5.74, 6) is 2.59. The largest absolute Gasteiger partial charge is 0.439 e. The Balaban J connectivity index is 1.38. The van der Waals surface area contributed by atoms with Gasteiger partial charge in [-0.15, -0.1) is 0 Å². The average Bonchev–Trinajstić information content (AvgIpc) is 3.22. The highest BCUT2D eigenvalue weighted by Crippen LogP contribution is 2.20. The molecule has 0 bridgehead atoms. The highest BCUT2D eigenvalue weighted by molar-refractivity contribution is 5.55.